The number of hydrogen-bond acceptors (Lipinski definition) is 5. The number of pyridine rings is 2. The van der Waals surface area contributed by atoms with E-state index in [4.69, 9.17) is 9.72 Å². The van der Waals surface area contributed by atoms with Gasteiger partial charge in [-0.3, -0.25) is 4.98 Å². The van der Waals surface area contributed by atoms with Gasteiger partial charge in [0.05, 0.1) is 17.9 Å². The lowest BCUT2D eigenvalue weighted by Gasteiger charge is -2.37. The van der Waals surface area contributed by atoms with Crippen LogP contribution in [0.25, 0.3) is 0 Å². The fraction of sp³-hybridized carbons (Fsp3) is 0.565. The Bertz CT molecular complexity index is 998. The fourth-order valence-electron chi connectivity index (χ4n) is 5.68. The first kappa shape index (κ1) is 16.6. The third-order valence-electron chi connectivity index (χ3n) is 7.49. The molecular weight excluding hydrogens is 348 g/mol. The zero-order valence-electron chi connectivity index (χ0n) is 17.2. The van der Waals surface area contributed by atoms with E-state index in [0.29, 0.717) is 5.92 Å². The first-order valence-corrected chi connectivity index (χ1v) is 10.5. The van der Waals surface area contributed by atoms with E-state index in [1.807, 2.05) is 12.4 Å². The van der Waals surface area contributed by atoms with Gasteiger partial charge in [-0.1, -0.05) is 0 Å². The number of hydrogen-bond donors (Lipinski definition) is 0. The number of aryl methyl sites for hydroxylation is 2. The van der Waals surface area contributed by atoms with Gasteiger partial charge in [0.2, 0.25) is 5.88 Å². The van der Waals surface area contributed by atoms with E-state index in [0.717, 1.165) is 31.8 Å². The van der Waals surface area contributed by atoms with Crippen LogP contribution in [0.15, 0.2) is 18.5 Å². The highest BCUT2D eigenvalue weighted by Crippen LogP contribution is 2.67. The lowest BCUT2D eigenvalue weighted by Crippen LogP contribution is -2.40. The van der Waals surface area contributed by atoms with Crippen LogP contribution in [0.2, 0.25) is 0 Å². The van der Waals surface area contributed by atoms with Gasteiger partial charge in [-0.2, -0.15) is 0 Å². The maximum Gasteiger partial charge on any atom is 0.238 e. The van der Waals surface area contributed by atoms with Crippen LogP contribution in [0.4, 0.5) is 11.4 Å². The zero-order valence-corrected chi connectivity index (χ0v) is 17.2. The average Bonchev–Trinajstić information content (AvgIpc) is 3.57. The van der Waals surface area contributed by atoms with Crippen LogP contribution in [0.1, 0.15) is 54.0 Å². The molecule has 2 aromatic rings. The average molecular weight is 377 g/mol. The predicted octanol–water partition coefficient (Wildman–Crippen LogP) is 3.72. The van der Waals surface area contributed by atoms with Crippen LogP contribution >= 0.6 is 0 Å². The molecule has 6 rings (SSSR count). The molecule has 0 aromatic carbocycles. The Morgan fingerprint density at radius 3 is 2.68 bits per heavy atom. The van der Waals surface area contributed by atoms with Crippen LogP contribution in [0, 0.1) is 13.8 Å². The third-order valence-corrected chi connectivity index (χ3v) is 7.49. The maximum atomic E-state index is 6.38. The standard InChI is InChI=1S/C23H28N4O/c1-14-9-17-20(24-11-14)23(7-8-26(17)3)10-16(23)18-15(2)12-25-21-19(18)27(4)13-22(28-21)5-6-22/h9,11-12,16H,5-8,10,13H2,1-4H3. The second-order valence-corrected chi connectivity index (χ2v) is 9.61. The topological polar surface area (TPSA) is 41.5 Å². The molecule has 5 heteroatoms. The van der Waals surface area contributed by atoms with E-state index >= 15 is 0 Å². The van der Waals surface area contributed by atoms with Crippen molar-refractivity contribution in [2.75, 3.05) is 37.0 Å². The molecule has 2 spiro atoms. The maximum absolute atomic E-state index is 6.38. The number of aromatic nitrogens is 2. The molecule has 2 fully saturated rings. The van der Waals surface area contributed by atoms with E-state index in [1.165, 1.54) is 46.6 Å². The summed E-state index contributed by atoms with van der Waals surface area (Å²) < 4.78 is 6.38. The molecule has 5 nitrogen and oxygen atoms in total. The molecule has 0 radical (unpaired) electrons. The first-order chi connectivity index (χ1) is 13.4. The van der Waals surface area contributed by atoms with Gasteiger partial charge in [0.1, 0.15) is 11.3 Å². The molecule has 4 aliphatic rings. The quantitative estimate of drug-likeness (QED) is 0.759. The molecule has 0 amide bonds. The van der Waals surface area contributed by atoms with E-state index in [-0.39, 0.29) is 11.0 Å². The highest BCUT2D eigenvalue weighted by atomic mass is 16.5. The van der Waals surface area contributed by atoms with Gasteiger partial charge in [-0.15, -0.1) is 0 Å². The van der Waals surface area contributed by atoms with E-state index in [1.54, 1.807) is 0 Å². The number of rotatable bonds is 1. The molecule has 2 aliphatic heterocycles. The lowest BCUT2D eigenvalue weighted by molar-refractivity contribution is 0.165. The zero-order chi connectivity index (χ0) is 19.3. The summed E-state index contributed by atoms with van der Waals surface area (Å²) in [6.07, 6.45) is 8.71. The SMILES string of the molecule is Cc1cnc2c(c1)N(C)CCC21CC1c1c(C)cnc2c1N(C)CC1(CC1)O2. The Balaban J connectivity index is 1.46. The fourth-order valence-corrected chi connectivity index (χ4v) is 5.68. The molecular formula is C23H28N4O. The van der Waals surface area contributed by atoms with Crippen LogP contribution in [0.5, 0.6) is 5.88 Å². The molecule has 2 aromatic heterocycles. The van der Waals surface area contributed by atoms with Crippen LogP contribution < -0.4 is 14.5 Å². The normalized spacial score (nSPS) is 28.8. The summed E-state index contributed by atoms with van der Waals surface area (Å²) in [6, 6.07) is 2.31. The van der Waals surface area contributed by atoms with Crippen molar-refractivity contribution >= 4 is 11.4 Å². The number of ether oxygens (including phenoxy) is 1. The lowest BCUT2D eigenvalue weighted by atomic mass is 9.85. The Labute approximate surface area is 166 Å². The van der Waals surface area contributed by atoms with Gasteiger partial charge >= 0.3 is 0 Å². The van der Waals surface area contributed by atoms with Crippen LogP contribution in [0.3, 0.4) is 0 Å². The van der Waals surface area contributed by atoms with Gasteiger partial charge < -0.3 is 14.5 Å². The molecule has 2 unspecified atom stereocenters. The van der Waals surface area contributed by atoms with Crippen molar-refractivity contribution in [2.45, 2.75) is 56.5 Å². The minimum atomic E-state index is 0.0295. The minimum absolute atomic E-state index is 0.0295. The van der Waals surface area contributed by atoms with Crippen molar-refractivity contribution in [1.29, 1.82) is 0 Å². The summed E-state index contributed by atoms with van der Waals surface area (Å²) in [4.78, 5) is 14.4. The van der Waals surface area contributed by atoms with Crippen molar-refractivity contribution in [1.82, 2.24) is 9.97 Å². The van der Waals surface area contributed by atoms with Gasteiger partial charge in [0.25, 0.3) is 0 Å². The predicted molar refractivity (Wildman–Crippen MR) is 111 cm³/mol. The van der Waals surface area contributed by atoms with Gasteiger partial charge in [0, 0.05) is 38.4 Å². The van der Waals surface area contributed by atoms with Crippen molar-refractivity contribution in [3.63, 3.8) is 0 Å². The van der Waals surface area contributed by atoms with Gasteiger partial charge in [0.15, 0.2) is 0 Å². The minimum Gasteiger partial charge on any atom is -0.468 e. The van der Waals surface area contributed by atoms with E-state index < -0.39 is 0 Å². The Kier molecular flexibility index (Phi) is 3.08. The molecule has 0 bridgehead atoms. The Morgan fingerprint density at radius 1 is 1.07 bits per heavy atom. The summed E-state index contributed by atoms with van der Waals surface area (Å²) >= 11 is 0. The molecule has 2 atom stereocenters. The van der Waals surface area contributed by atoms with Crippen molar-refractivity contribution < 1.29 is 4.74 Å². The van der Waals surface area contributed by atoms with E-state index in [2.05, 4.69) is 48.8 Å². The Morgan fingerprint density at radius 2 is 1.89 bits per heavy atom. The molecule has 0 N–H and O–H groups in total. The smallest absolute Gasteiger partial charge is 0.238 e. The number of anilines is 2. The summed E-state index contributed by atoms with van der Waals surface area (Å²) in [5, 5.41) is 0. The first-order valence-electron chi connectivity index (χ1n) is 10.5. The van der Waals surface area contributed by atoms with E-state index in [9.17, 15) is 0 Å². The molecule has 0 saturated heterocycles. The summed E-state index contributed by atoms with van der Waals surface area (Å²) in [5.74, 6) is 1.35. The van der Waals surface area contributed by atoms with Crippen molar-refractivity contribution in [3.8, 4) is 5.88 Å². The third kappa shape index (κ3) is 2.13. The largest absolute Gasteiger partial charge is 0.468 e. The monoisotopic (exact) mass is 376 g/mol. The second kappa shape index (κ2) is 5.19. The molecule has 2 saturated carbocycles. The number of nitrogens with zero attached hydrogens (tertiary/aromatic N) is 4. The Hall–Kier alpha value is -2.30. The summed E-state index contributed by atoms with van der Waals surface area (Å²) in [7, 11) is 4.41. The molecule has 28 heavy (non-hydrogen) atoms. The molecule has 146 valence electrons. The molecule has 4 heterocycles. The van der Waals surface area contributed by atoms with Crippen molar-refractivity contribution in [2.24, 2.45) is 0 Å². The van der Waals surface area contributed by atoms with Crippen LogP contribution in [-0.4, -0.2) is 42.8 Å². The van der Waals surface area contributed by atoms with Gasteiger partial charge in [-0.25, -0.2) is 4.98 Å². The van der Waals surface area contributed by atoms with Crippen LogP contribution in [-0.2, 0) is 5.41 Å². The highest BCUT2D eigenvalue weighted by molar-refractivity contribution is 5.70. The second-order valence-electron chi connectivity index (χ2n) is 9.61. The molecule has 2 aliphatic carbocycles. The van der Waals surface area contributed by atoms with Crippen molar-refractivity contribution in [3.05, 3.63) is 40.8 Å². The summed E-state index contributed by atoms with van der Waals surface area (Å²) in [6.45, 7) is 6.42. The number of likely N-dealkylation sites (N-methyl/N-ethyl adjacent to an activating group) is 1. The van der Waals surface area contributed by atoms with Gasteiger partial charge in [-0.05, 0) is 68.2 Å². The highest BCUT2D eigenvalue weighted by Gasteiger charge is 2.61. The summed E-state index contributed by atoms with van der Waals surface area (Å²) in [5.41, 5.74) is 8.01. The number of fused-ring (bicyclic) bond motifs is 3.